The maximum absolute atomic E-state index is 6.29. The van der Waals surface area contributed by atoms with Crippen LogP contribution in [0.25, 0.3) is 0 Å². The van der Waals surface area contributed by atoms with E-state index in [1.807, 2.05) is 19.4 Å². The molecule has 0 spiro atoms. The Kier molecular flexibility index (Phi) is 4.24. The summed E-state index contributed by atoms with van der Waals surface area (Å²) in [7, 11) is 2.04. The van der Waals surface area contributed by atoms with E-state index in [2.05, 4.69) is 14.9 Å². The number of aryl methyl sites for hydroxylation is 1. The molecule has 0 saturated heterocycles. The lowest BCUT2D eigenvalue weighted by Crippen LogP contribution is -2.40. The van der Waals surface area contributed by atoms with Crippen molar-refractivity contribution in [1.82, 2.24) is 14.9 Å². The van der Waals surface area contributed by atoms with E-state index in [4.69, 9.17) is 11.6 Å². The Hall–Kier alpha value is -0.540. The van der Waals surface area contributed by atoms with E-state index < -0.39 is 0 Å². The number of rotatable bonds is 4. The number of nitrogens with zero attached hydrogens (tertiary/aromatic N) is 2. The quantitative estimate of drug-likeness (QED) is 0.819. The van der Waals surface area contributed by atoms with Gasteiger partial charge in [-0.1, -0.05) is 12.8 Å². The van der Waals surface area contributed by atoms with Gasteiger partial charge in [0.25, 0.3) is 0 Å². The van der Waals surface area contributed by atoms with Gasteiger partial charge in [-0.3, -0.25) is 0 Å². The molecular formula is C12H20ClN3. The normalized spacial score (nSPS) is 25.9. The Morgan fingerprint density at radius 1 is 1.50 bits per heavy atom. The molecule has 0 bridgehead atoms. The van der Waals surface area contributed by atoms with Gasteiger partial charge >= 0.3 is 0 Å². The highest BCUT2D eigenvalue weighted by Gasteiger charge is 2.22. The standard InChI is InChI=1S/C12H20ClN3/c1-16-9-8-15-12(16)6-7-14-11-5-3-2-4-10(11)13/h8-11,14H,2-7H2,1H3. The summed E-state index contributed by atoms with van der Waals surface area (Å²) in [6.45, 7) is 0.971. The Morgan fingerprint density at radius 2 is 2.31 bits per heavy atom. The van der Waals surface area contributed by atoms with Crippen LogP contribution < -0.4 is 5.32 Å². The first-order valence-electron chi connectivity index (χ1n) is 6.11. The molecular weight excluding hydrogens is 222 g/mol. The summed E-state index contributed by atoms with van der Waals surface area (Å²) < 4.78 is 2.07. The molecule has 1 heterocycles. The molecule has 0 amide bonds. The summed E-state index contributed by atoms with van der Waals surface area (Å²) in [5.41, 5.74) is 0. The van der Waals surface area contributed by atoms with Gasteiger partial charge in [-0.2, -0.15) is 0 Å². The van der Waals surface area contributed by atoms with Gasteiger partial charge in [-0.25, -0.2) is 4.98 Å². The van der Waals surface area contributed by atoms with E-state index in [9.17, 15) is 0 Å². The Balaban J connectivity index is 1.73. The maximum Gasteiger partial charge on any atom is 0.109 e. The van der Waals surface area contributed by atoms with Crippen molar-refractivity contribution in [3.05, 3.63) is 18.2 Å². The van der Waals surface area contributed by atoms with Gasteiger partial charge in [-0.05, 0) is 12.8 Å². The highest BCUT2D eigenvalue weighted by molar-refractivity contribution is 6.21. The fourth-order valence-corrected chi connectivity index (χ4v) is 2.69. The number of nitrogens with one attached hydrogen (secondary N) is 1. The molecule has 16 heavy (non-hydrogen) atoms. The second kappa shape index (κ2) is 5.69. The minimum Gasteiger partial charge on any atom is -0.338 e. The van der Waals surface area contributed by atoms with Crippen molar-refractivity contribution >= 4 is 11.6 Å². The van der Waals surface area contributed by atoms with Crippen LogP contribution in [0.4, 0.5) is 0 Å². The molecule has 2 rings (SSSR count). The predicted molar refractivity (Wildman–Crippen MR) is 66.8 cm³/mol. The van der Waals surface area contributed by atoms with Crippen molar-refractivity contribution in [3.8, 4) is 0 Å². The topological polar surface area (TPSA) is 29.9 Å². The second-order valence-electron chi connectivity index (χ2n) is 4.57. The van der Waals surface area contributed by atoms with Crippen LogP contribution in [0.2, 0.25) is 0 Å². The largest absolute Gasteiger partial charge is 0.338 e. The minimum absolute atomic E-state index is 0.315. The van der Waals surface area contributed by atoms with Crippen LogP contribution in [0.5, 0.6) is 0 Å². The number of halogens is 1. The van der Waals surface area contributed by atoms with E-state index in [-0.39, 0.29) is 0 Å². The van der Waals surface area contributed by atoms with Gasteiger partial charge in [0.1, 0.15) is 5.82 Å². The lowest BCUT2D eigenvalue weighted by molar-refractivity contribution is 0.380. The lowest BCUT2D eigenvalue weighted by atomic mass is 9.95. The summed E-state index contributed by atoms with van der Waals surface area (Å²) in [6.07, 6.45) is 9.77. The third-order valence-electron chi connectivity index (χ3n) is 3.36. The van der Waals surface area contributed by atoms with Crippen LogP contribution in [0.15, 0.2) is 12.4 Å². The maximum atomic E-state index is 6.29. The fourth-order valence-electron chi connectivity index (χ4n) is 2.32. The highest BCUT2D eigenvalue weighted by atomic mass is 35.5. The molecule has 3 nitrogen and oxygen atoms in total. The minimum atomic E-state index is 0.315. The first kappa shape index (κ1) is 11.9. The van der Waals surface area contributed by atoms with Gasteiger partial charge in [0.05, 0.1) is 0 Å². The average Bonchev–Trinajstić information content (AvgIpc) is 2.67. The summed E-state index contributed by atoms with van der Waals surface area (Å²) in [4.78, 5) is 4.31. The zero-order valence-electron chi connectivity index (χ0n) is 9.82. The summed E-state index contributed by atoms with van der Waals surface area (Å²) in [5.74, 6) is 1.13. The highest BCUT2D eigenvalue weighted by Crippen LogP contribution is 2.22. The van der Waals surface area contributed by atoms with Crippen LogP contribution in [-0.4, -0.2) is 27.5 Å². The van der Waals surface area contributed by atoms with Crippen LogP contribution in [0, 0.1) is 0 Å². The fraction of sp³-hybridized carbons (Fsp3) is 0.750. The monoisotopic (exact) mass is 241 g/mol. The van der Waals surface area contributed by atoms with E-state index in [1.165, 1.54) is 19.3 Å². The van der Waals surface area contributed by atoms with E-state index in [1.54, 1.807) is 0 Å². The molecule has 2 unspecified atom stereocenters. The molecule has 1 fully saturated rings. The third-order valence-corrected chi connectivity index (χ3v) is 3.88. The van der Waals surface area contributed by atoms with Gasteiger partial charge < -0.3 is 9.88 Å². The van der Waals surface area contributed by atoms with Crippen molar-refractivity contribution in [2.24, 2.45) is 7.05 Å². The van der Waals surface area contributed by atoms with Crippen molar-refractivity contribution < 1.29 is 0 Å². The molecule has 1 aromatic heterocycles. The van der Waals surface area contributed by atoms with Gasteiger partial charge in [0.2, 0.25) is 0 Å². The zero-order chi connectivity index (χ0) is 11.4. The first-order chi connectivity index (χ1) is 7.77. The van der Waals surface area contributed by atoms with Crippen LogP contribution >= 0.6 is 11.6 Å². The molecule has 2 atom stereocenters. The van der Waals surface area contributed by atoms with Crippen molar-refractivity contribution in [3.63, 3.8) is 0 Å². The number of alkyl halides is 1. The SMILES string of the molecule is Cn1ccnc1CCNC1CCCCC1Cl. The van der Waals surface area contributed by atoms with E-state index in [0.717, 1.165) is 25.2 Å². The van der Waals surface area contributed by atoms with Crippen LogP contribution in [0.3, 0.4) is 0 Å². The lowest BCUT2D eigenvalue weighted by Gasteiger charge is -2.27. The van der Waals surface area contributed by atoms with Gasteiger partial charge in [-0.15, -0.1) is 11.6 Å². The molecule has 4 heteroatoms. The smallest absolute Gasteiger partial charge is 0.109 e. The van der Waals surface area contributed by atoms with E-state index in [0.29, 0.717) is 11.4 Å². The molecule has 0 radical (unpaired) electrons. The number of imidazole rings is 1. The summed E-state index contributed by atoms with van der Waals surface area (Å²) >= 11 is 6.29. The van der Waals surface area contributed by atoms with E-state index >= 15 is 0 Å². The van der Waals surface area contributed by atoms with Gasteiger partial charge in [0.15, 0.2) is 0 Å². The molecule has 0 aromatic carbocycles. The molecule has 90 valence electrons. The van der Waals surface area contributed by atoms with Crippen molar-refractivity contribution in [2.75, 3.05) is 6.54 Å². The second-order valence-corrected chi connectivity index (χ2v) is 5.13. The molecule has 1 aliphatic carbocycles. The number of hydrogen-bond acceptors (Lipinski definition) is 2. The molecule has 1 aromatic rings. The summed E-state index contributed by atoms with van der Waals surface area (Å²) in [5, 5.41) is 3.87. The van der Waals surface area contributed by atoms with Crippen molar-refractivity contribution in [1.29, 1.82) is 0 Å². The Morgan fingerprint density at radius 3 is 3.00 bits per heavy atom. The molecule has 1 N–H and O–H groups in total. The molecule has 1 saturated carbocycles. The number of aromatic nitrogens is 2. The van der Waals surface area contributed by atoms with Crippen LogP contribution in [-0.2, 0) is 13.5 Å². The predicted octanol–water partition coefficient (Wildman–Crippen LogP) is 2.10. The average molecular weight is 242 g/mol. The molecule has 0 aliphatic heterocycles. The number of hydrogen-bond donors (Lipinski definition) is 1. The summed E-state index contributed by atoms with van der Waals surface area (Å²) in [6, 6.07) is 0.496. The Bertz CT molecular complexity index is 324. The van der Waals surface area contributed by atoms with Gasteiger partial charge in [0, 0.05) is 43.8 Å². The molecule has 1 aliphatic rings. The van der Waals surface area contributed by atoms with Crippen LogP contribution in [0.1, 0.15) is 31.5 Å². The Labute approximate surface area is 102 Å². The van der Waals surface area contributed by atoms with Crippen molar-refractivity contribution in [2.45, 2.75) is 43.5 Å². The zero-order valence-corrected chi connectivity index (χ0v) is 10.6. The first-order valence-corrected chi connectivity index (χ1v) is 6.54. The third kappa shape index (κ3) is 2.98.